The molecular formula is C10H18ClN3O2S. The quantitative estimate of drug-likeness (QED) is 0.750. The van der Waals surface area contributed by atoms with Crippen LogP contribution in [0.4, 0.5) is 0 Å². The van der Waals surface area contributed by atoms with Gasteiger partial charge in [0.2, 0.25) is 10.0 Å². The number of sulfonamides is 1. The van der Waals surface area contributed by atoms with E-state index < -0.39 is 10.0 Å². The molecule has 0 amide bonds. The van der Waals surface area contributed by atoms with Gasteiger partial charge in [-0.1, -0.05) is 6.92 Å². The topological polar surface area (TPSA) is 64.0 Å². The minimum Gasteiger partial charge on any atom is -0.338 e. The molecule has 5 nitrogen and oxygen atoms in total. The third kappa shape index (κ3) is 5.06. The van der Waals surface area contributed by atoms with Crippen molar-refractivity contribution in [3.63, 3.8) is 0 Å². The molecule has 0 aromatic carbocycles. The molecule has 0 radical (unpaired) electrons. The first kappa shape index (κ1) is 14.5. The van der Waals surface area contributed by atoms with Gasteiger partial charge in [0.05, 0.1) is 5.75 Å². The van der Waals surface area contributed by atoms with E-state index in [0.717, 1.165) is 5.82 Å². The van der Waals surface area contributed by atoms with E-state index in [1.165, 1.54) is 0 Å². The second kappa shape index (κ2) is 6.37. The van der Waals surface area contributed by atoms with Crippen LogP contribution in [0.15, 0.2) is 12.4 Å². The van der Waals surface area contributed by atoms with Gasteiger partial charge in [-0.25, -0.2) is 18.1 Å². The second-order valence-corrected chi connectivity index (χ2v) is 6.30. The maximum absolute atomic E-state index is 11.6. The lowest BCUT2D eigenvalue weighted by atomic mass is 10.3. The predicted molar refractivity (Wildman–Crippen MR) is 68.6 cm³/mol. The van der Waals surface area contributed by atoms with Gasteiger partial charge in [0.1, 0.15) is 5.82 Å². The first-order chi connectivity index (χ1) is 7.94. The number of hydrogen-bond donors (Lipinski definition) is 1. The summed E-state index contributed by atoms with van der Waals surface area (Å²) >= 11 is 5.59. The van der Waals surface area contributed by atoms with E-state index in [0.29, 0.717) is 18.8 Å². The molecule has 17 heavy (non-hydrogen) atoms. The van der Waals surface area contributed by atoms with Crippen molar-refractivity contribution in [3.8, 4) is 0 Å². The minimum absolute atomic E-state index is 0.0395. The maximum atomic E-state index is 11.6. The fourth-order valence-electron chi connectivity index (χ4n) is 1.43. The highest BCUT2D eigenvalue weighted by molar-refractivity contribution is 7.89. The van der Waals surface area contributed by atoms with Gasteiger partial charge in [-0.15, -0.1) is 11.6 Å². The SMILES string of the molecule is CC(CCl)CS(=O)(=O)NCCc1nccn1C. The number of aryl methyl sites for hydroxylation is 1. The average molecular weight is 280 g/mol. The van der Waals surface area contributed by atoms with Gasteiger partial charge < -0.3 is 4.57 Å². The molecule has 0 aliphatic heterocycles. The van der Waals surface area contributed by atoms with Gasteiger partial charge in [0.25, 0.3) is 0 Å². The summed E-state index contributed by atoms with van der Waals surface area (Å²) in [5.74, 6) is 1.23. The third-order valence-corrected chi connectivity index (χ3v) is 4.54. The fourth-order valence-corrected chi connectivity index (χ4v) is 3.07. The zero-order chi connectivity index (χ0) is 12.9. The monoisotopic (exact) mass is 279 g/mol. The maximum Gasteiger partial charge on any atom is 0.211 e. The van der Waals surface area contributed by atoms with Gasteiger partial charge in [0.15, 0.2) is 0 Å². The summed E-state index contributed by atoms with van der Waals surface area (Å²) in [7, 11) is -1.35. The fraction of sp³-hybridized carbons (Fsp3) is 0.700. The number of alkyl halides is 1. The minimum atomic E-state index is -3.23. The Labute approximate surface area is 107 Å². The lowest BCUT2D eigenvalue weighted by Gasteiger charge is -2.09. The molecule has 0 spiro atoms. The Bertz CT molecular complexity index is 444. The van der Waals surface area contributed by atoms with Crippen LogP contribution in [-0.2, 0) is 23.5 Å². The summed E-state index contributed by atoms with van der Waals surface area (Å²) in [5.41, 5.74) is 0. The number of hydrogen-bond acceptors (Lipinski definition) is 3. The van der Waals surface area contributed by atoms with E-state index in [1.807, 2.05) is 24.7 Å². The molecule has 1 rings (SSSR count). The number of imidazole rings is 1. The molecule has 0 aliphatic rings. The van der Waals surface area contributed by atoms with Gasteiger partial charge in [-0.2, -0.15) is 0 Å². The van der Waals surface area contributed by atoms with Crippen molar-refractivity contribution in [2.45, 2.75) is 13.3 Å². The zero-order valence-corrected chi connectivity index (χ0v) is 11.6. The summed E-state index contributed by atoms with van der Waals surface area (Å²) in [6.07, 6.45) is 4.11. The van der Waals surface area contributed by atoms with Gasteiger partial charge >= 0.3 is 0 Å². The van der Waals surface area contributed by atoms with Crippen molar-refractivity contribution in [2.75, 3.05) is 18.2 Å². The van der Waals surface area contributed by atoms with Crippen molar-refractivity contribution in [1.82, 2.24) is 14.3 Å². The van der Waals surface area contributed by atoms with E-state index in [2.05, 4.69) is 9.71 Å². The van der Waals surface area contributed by atoms with Crippen LogP contribution in [0.2, 0.25) is 0 Å². The van der Waals surface area contributed by atoms with E-state index in [4.69, 9.17) is 11.6 Å². The van der Waals surface area contributed by atoms with Crippen molar-refractivity contribution < 1.29 is 8.42 Å². The smallest absolute Gasteiger partial charge is 0.211 e. The molecule has 0 bridgehead atoms. The van der Waals surface area contributed by atoms with Crippen LogP contribution < -0.4 is 4.72 Å². The summed E-state index contributed by atoms with van der Waals surface area (Å²) in [6, 6.07) is 0. The zero-order valence-electron chi connectivity index (χ0n) is 10.1. The lowest BCUT2D eigenvalue weighted by Crippen LogP contribution is -2.31. The Hall–Kier alpha value is -0.590. The molecule has 0 fully saturated rings. The van der Waals surface area contributed by atoms with Crippen molar-refractivity contribution in [2.24, 2.45) is 13.0 Å². The van der Waals surface area contributed by atoms with Gasteiger partial charge in [-0.05, 0) is 5.92 Å². The first-order valence-electron chi connectivity index (χ1n) is 5.44. The summed E-state index contributed by atoms with van der Waals surface area (Å²) in [4.78, 5) is 4.12. The van der Waals surface area contributed by atoms with Crippen molar-refractivity contribution >= 4 is 21.6 Å². The number of nitrogens with zero attached hydrogens (tertiary/aromatic N) is 2. The largest absolute Gasteiger partial charge is 0.338 e. The molecule has 7 heteroatoms. The average Bonchev–Trinajstić information content (AvgIpc) is 2.63. The Kier molecular flexibility index (Phi) is 5.42. The molecule has 0 aliphatic carbocycles. The van der Waals surface area contributed by atoms with Gasteiger partial charge in [0, 0.05) is 38.3 Å². The van der Waals surface area contributed by atoms with Crippen molar-refractivity contribution in [3.05, 3.63) is 18.2 Å². The molecular weight excluding hydrogens is 262 g/mol. The normalized spacial score (nSPS) is 13.8. The molecule has 1 heterocycles. The van der Waals surface area contributed by atoms with Crippen LogP contribution in [0.5, 0.6) is 0 Å². The van der Waals surface area contributed by atoms with E-state index >= 15 is 0 Å². The van der Waals surface area contributed by atoms with Crippen LogP contribution in [-0.4, -0.2) is 36.1 Å². The Morgan fingerprint density at radius 1 is 1.59 bits per heavy atom. The highest BCUT2D eigenvalue weighted by Crippen LogP contribution is 2.02. The lowest BCUT2D eigenvalue weighted by molar-refractivity contribution is 0.567. The first-order valence-corrected chi connectivity index (χ1v) is 7.63. The molecule has 98 valence electrons. The van der Waals surface area contributed by atoms with Crippen LogP contribution in [0.25, 0.3) is 0 Å². The standard InChI is InChI=1S/C10H18ClN3O2S/c1-9(7-11)8-17(15,16)13-4-3-10-12-5-6-14(10)2/h5-6,9,13H,3-4,7-8H2,1-2H3. The molecule has 0 saturated heterocycles. The van der Waals surface area contributed by atoms with E-state index in [9.17, 15) is 8.42 Å². The van der Waals surface area contributed by atoms with Gasteiger partial charge in [-0.3, -0.25) is 0 Å². The van der Waals surface area contributed by atoms with E-state index in [-0.39, 0.29) is 11.7 Å². The third-order valence-electron chi connectivity index (χ3n) is 2.36. The molecule has 1 unspecified atom stereocenters. The van der Waals surface area contributed by atoms with Crippen LogP contribution in [0.1, 0.15) is 12.7 Å². The van der Waals surface area contributed by atoms with Crippen LogP contribution in [0, 0.1) is 5.92 Å². The Balaban J connectivity index is 2.38. The molecule has 1 atom stereocenters. The predicted octanol–water partition coefficient (Wildman–Crippen LogP) is 0.757. The van der Waals surface area contributed by atoms with E-state index in [1.54, 1.807) is 6.20 Å². The van der Waals surface area contributed by atoms with Crippen LogP contribution >= 0.6 is 11.6 Å². The molecule has 1 aromatic rings. The molecule has 1 aromatic heterocycles. The number of nitrogens with one attached hydrogen (secondary N) is 1. The number of aromatic nitrogens is 2. The Morgan fingerprint density at radius 2 is 2.29 bits per heavy atom. The highest BCUT2D eigenvalue weighted by atomic mass is 35.5. The Morgan fingerprint density at radius 3 is 2.82 bits per heavy atom. The van der Waals surface area contributed by atoms with Crippen LogP contribution in [0.3, 0.4) is 0 Å². The molecule has 0 saturated carbocycles. The second-order valence-electron chi connectivity index (χ2n) is 4.14. The number of rotatable bonds is 7. The van der Waals surface area contributed by atoms with Crippen molar-refractivity contribution in [1.29, 1.82) is 0 Å². The number of halogens is 1. The summed E-state index contributed by atoms with van der Waals surface area (Å²) in [6.45, 7) is 2.17. The highest BCUT2D eigenvalue weighted by Gasteiger charge is 2.14. The summed E-state index contributed by atoms with van der Waals surface area (Å²) < 4.78 is 27.7. The molecule has 1 N–H and O–H groups in total. The summed E-state index contributed by atoms with van der Waals surface area (Å²) in [5, 5.41) is 0.